The molecule has 1 amide bonds. The van der Waals surface area contributed by atoms with Crippen molar-refractivity contribution in [3.8, 4) is 5.75 Å². The molecule has 47 heavy (non-hydrogen) atoms. The number of carbonyl (C=O) groups is 1. The van der Waals surface area contributed by atoms with E-state index in [0.717, 1.165) is 25.0 Å². The fourth-order valence-electron chi connectivity index (χ4n) is 5.94. The maximum absolute atomic E-state index is 12.7. The van der Waals surface area contributed by atoms with Gasteiger partial charge in [-0.05, 0) is 37.0 Å². The second-order valence-corrected chi connectivity index (χ2v) is 13.6. The molecule has 2 atom stereocenters. The van der Waals surface area contributed by atoms with Gasteiger partial charge < -0.3 is 25.6 Å². The number of halogens is 1. The van der Waals surface area contributed by atoms with Crippen LogP contribution in [0.25, 0.3) is 0 Å². The number of rotatable bonds is 34. The van der Waals surface area contributed by atoms with E-state index < -0.39 is 6.04 Å². The third-order valence-corrected chi connectivity index (χ3v) is 9.03. The average molecular weight is 684 g/mol. The van der Waals surface area contributed by atoms with Crippen molar-refractivity contribution < 1.29 is 19.4 Å². The minimum Gasteiger partial charge on any atom is -0.508 e. The Balaban J connectivity index is 0.0000212. The van der Waals surface area contributed by atoms with E-state index in [4.69, 9.17) is 15.2 Å². The molecule has 0 heterocycles. The van der Waals surface area contributed by atoms with Crippen molar-refractivity contribution in [2.45, 2.75) is 187 Å². The van der Waals surface area contributed by atoms with Crippen LogP contribution < -0.4 is 11.1 Å². The Morgan fingerprint density at radius 3 is 1.51 bits per heavy atom. The van der Waals surface area contributed by atoms with Gasteiger partial charge in [-0.15, -0.1) is 12.4 Å². The fourth-order valence-corrected chi connectivity index (χ4v) is 5.94. The number of carbonyl (C=O) groups excluding carboxylic acids is 1. The smallest absolute Gasteiger partial charge is 0.237 e. The van der Waals surface area contributed by atoms with Crippen molar-refractivity contribution in [1.82, 2.24) is 5.32 Å². The van der Waals surface area contributed by atoms with E-state index in [1.807, 2.05) is 0 Å². The molecule has 1 aromatic rings. The first-order valence-corrected chi connectivity index (χ1v) is 19.6. The third kappa shape index (κ3) is 29.3. The van der Waals surface area contributed by atoms with Gasteiger partial charge in [0.1, 0.15) is 5.75 Å². The lowest BCUT2D eigenvalue weighted by Crippen LogP contribution is -2.45. The van der Waals surface area contributed by atoms with Crippen LogP contribution in [0.3, 0.4) is 0 Å². The van der Waals surface area contributed by atoms with E-state index in [2.05, 4.69) is 19.2 Å². The summed E-state index contributed by atoms with van der Waals surface area (Å²) < 4.78 is 12.2. The van der Waals surface area contributed by atoms with Crippen LogP contribution in [0.1, 0.15) is 174 Å². The van der Waals surface area contributed by atoms with Gasteiger partial charge in [-0.3, -0.25) is 4.79 Å². The number of ether oxygens (including phenoxy) is 2. The van der Waals surface area contributed by atoms with E-state index in [1.54, 1.807) is 24.3 Å². The molecule has 0 saturated heterocycles. The van der Waals surface area contributed by atoms with Gasteiger partial charge in [-0.25, -0.2) is 0 Å². The van der Waals surface area contributed by atoms with Crippen molar-refractivity contribution in [2.24, 2.45) is 5.73 Å². The summed E-state index contributed by atoms with van der Waals surface area (Å²) in [7, 11) is 0. The van der Waals surface area contributed by atoms with Crippen molar-refractivity contribution >= 4 is 18.3 Å². The lowest BCUT2D eigenvalue weighted by atomic mass is 10.1. The number of phenolic OH excluding ortho intramolecular Hbond substituents is 1. The van der Waals surface area contributed by atoms with Crippen LogP contribution in [0.15, 0.2) is 24.3 Å². The minimum atomic E-state index is -0.650. The standard InChI is InChI=1S/C40H74N2O4.ClH/c1-3-5-7-9-11-13-15-17-19-21-23-25-31-45-35-38(34-42-40(44)39(41)33-36-27-29-37(43)30-28-36)46-32-26-24-22-20-18-16-14-12-10-8-6-4-2;/h27-30,38-39,43H,3-26,31-35,41H2,1-2H3,(H,42,44);1H/t38?,39-;/m0./s1. The van der Waals surface area contributed by atoms with E-state index in [9.17, 15) is 9.90 Å². The number of nitrogens with two attached hydrogens (primary N) is 1. The maximum Gasteiger partial charge on any atom is 0.237 e. The number of amides is 1. The van der Waals surface area contributed by atoms with E-state index >= 15 is 0 Å². The molecule has 0 radical (unpaired) electrons. The van der Waals surface area contributed by atoms with Gasteiger partial charge in [0.25, 0.3) is 0 Å². The van der Waals surface area contributed by atoms with Crippen LogP contribution in [0.2, 0.25) is 0 Å². The second kappa shape index (κ2) is 34.5. The van der Waals surface area contributed by atoms with Gasteiger partial charge >= 0.3 is 0 Å². The maximum atomic E-state index is 12.7. The Bertz CT molecular complexity index is 795. The second-order valence-electron chi connectivity index (χ2n) is 13.6. The van der Waals surface area contributed by atoms with E-state index in [1.165, 1.54) is 141 Å². The predicted molar refractivity (Wildman–Crippen MR) is 203 cm³/mol. The summed E-state index contributed by atoms with van der Waals surface area (Å²) in [5, 5.41) is 12.5. The average Bonchev–Trinajstić information content (AvgIpc) is 3.06. The predicted octanol–water partition coefficient (Wildman–Crippen LogP) is 10.6. The quantitative estimate of drug-likeness (QED) is 0.0629. The number of nitrogens with one attached hydrogen (secondary N) is 1. The first kappa shape index (κ1) is 45.7. The molecule has 0 bridgehead atoms. The number of benzene rings is 1. The van der Waals surface area contributed by atoms with Crippen LogP contribution in [-0.4, -0.2) is 49.5 Å². The first-order chi connectivity index (χ1) is 22.6. The molecule has 0 fully saturated rings. The normalized spacial score (nSPS) is 12.5. The summed E-state index contributed by atoms with van der Waals surface area (Å²) in [6.07, 6.45) is 32.0. The zero-order chi connectivity index (χ0) is 33.3. The molecule has 0 aliphatic heterocycles. The molecule has 0 aliphatic rings. The Morgan fingerprint density at radius 2 is 1.06 bits per heavy atom. The highest BCUT2D eigenvalue weighted by Crippen LogP contribution is 2.14. The third-order valence-electron chi connectivity index (χ3n) is 9.03. The number of aromatic hydroxyl groups is 1. The molecule has 1 unspecified atom stereocenters. The summed E-state index contributed by atoms with van der Waals surface area (Å²) in [4.78, 5) is 12.7. The van der Waals surface area contributed by atoms with Gasteiger partial charge in [0, 0.05) is 19.8 Å². The monoisotopic (exact) mass is 683 g/mol. The highest BCUT2D eigenvalue weighted by Gasteiger charge is 2.17. The minimum absolute atomic E-state index is 0. The summed E-state index contributed by atoms with van der Waals surface area (Å²) in [5.74, 6) is 0.0198. The Morgan fingerprint density at radius 1 is 0.660 bits per heavy atom. The van der Waals surface area contributed by atoms with E-state index in [-0.39, 0.29) is 30.2 Å². The lowest BCUT2D eigenvalue weighted by molar-refractivity contribution is -0.123. The molecule has 276 valence electrons. The molecule has 0 spiro atoms. The Kier molecular flexibility index (Phi) is 33.5. The molecule has 0 aromatic heterocycles. The zero-order valence-corrected chi connectivity index (χ0v) is 31.4. The van der Waals surface area contributed by atoms with Gasteiger partial charge in [0.2, 0.25) is 5.91 Å². The highest BCUT2D eigenvalue weighted by atomic mass is 35.5. The highest BCUT2D eigenvalue weighted by molar-refractivity contribution is 5.85. The molecular weight excluding hydrogens is 608 g/mol. The van der Waals surface area contributed by atoms with Crippen molar-refractivity contribution in [3.63, 3.8) is 0 Å². The molecule has 1 rings (SSSR count). The van der Waals surface area contributed by atoms with Crippen LogP contribution in [-0.2, 0) is 20.7 Å². The lowest BCUT2D eigenvalue weighted by Gasteiger charge is -2.20. The number of hydrogen-bond donors (Lipinski definition) is 3. The Labute approximate surface area is 296 Å². The fraction of sp³-hybridized carbons (Fsp3) is 0.825. The molecule has 6 nitrogen and oxygen atoms in total. The SMILES string of the molecule is CCCCCCCCCCCCCCOCC(CNC(=O)[C@@H](N)Cc1ccc(O)cc1)OCCCCCCCCCCCCCC.Cl. The summed E-state index contributed by atoms with van der Waals surface area (Å²) in [6, 6.07) is 6.18. The van der Waals surface area contributed by atoms with Gasteiger partial charge in [0.05, 0.1) is 18.8 Å². The van der Waals surface area contributed by atoms with Gasteiger partial charge in [-0.2, -0.15) is 0 Å². The number of unbranched alkanes of at least 4 members (excludes halogenated alkanes) is 22. The van der Waals surface area contributed by atoms with Crippen LogP contribution in [0.5, 0.6) is 5.75 Å². The van der Waals surface area contributed by atoms with E-state index in [0.29, 0.717) is 26.2 Å². The molecule has 0 saturated carbocycles. The molecule has 7 heteroatoms. The zero-order valence-electron chi connectivity index (χ0n) is 30.6. The number of hydrogen-bond acceptors (Lipinski definition) is 5. The molecule has 4 N–H and O–H groups in total. The van der Waals surface area contributed by atoms with Gasteiger partial charge in [-0.1, -0.05) is 167 Å². The molecule has 0 aliphatic carbocycles. The van der Waals surface area contributed by atoms with Crippen LogP contribution in [0, 0.1) is 0 Å². The largest absolute Gasteiger partial charge is 0.508 e. The molecular formula is C40H75ClN2O4. The first-order valence-electron chi connectivity index (χ1n) is 19.6. The summed E-state index contributed by atoms with van der Waals surface area (Å²) in [5.41, 5.74) is 7.11. The summed E-state index contributed by atoms with van der Waals surface area (Å²) >= 11 is 0. The van der Waals surface area contributed by atoms with Crippen LogP contribution >= 0.6 is 12.4 Å². The van der Waals surface area contributed by atoms with Crippen molar-refractivity contribution in [2.75, 3.05) is 26.4 Å². The van der Waals surface area contributed by atoms with Crippen molar-refractivity contribution in [1.29, 1.82) is 0 Å². The topological polar surface area (TPSA) is 93.8 Å². The van der Waals surface area contributed by atoms with Crippen molar-refractivity contribution in [3.05, 3.63) is 29.8 Å². The van der Waals surface area contributed by atoms with Gasteiger partial charge in [0.15, 0.2) is 0 Å². The molecule has 1 aromatic carbocycles. The Hall–Kier alpha value is -1.34. The van der Waals surface area contributed by atoms with Crippen LogP contribution in [0.4, 0.5) is 0 Å². The number of phenols is 1. The summed E-state index contributed by atoms with van der Waals surface area (Å²) in [6.45, 7) is 6.88.